The summed E-state index contributed by atoms with van der Waals surface area (Å²) in [4.78, 5) is 18.9. The molecule has 4 rings (SSSR count). The number of piperidine rings is 1. The summed E-state index contributed by atoms with van der Waals surface area (Å²) in [5.41, 5.74) is 1.79. The fourth-order valence-electron chi connectivity index (χ4n) is 3.61. The molecule has 1 N–H and O–H groups in total. The minimum Gasteiger partial charge on any atom is -0.334 e. The number of aromatic nitrogens is 1. The first-order chi connectivity index (χ1) is 14.9. The van der Waals surface area contributed by atoms with Gasteiger partial charge in [-0.05, 0) is 42.7 Å². The van der Waals surface area contributed by atoms with Crippen molar-refractivity contribution >= 4 is 37.6 Å². The van der Waals surface area contributed by atoms with Gasteiger partial charge in [0, 0.05) is 26.7 Å². The largest absolute Gasteiger partial charge is 0.334 e. The van der Waals surface area contributed by atoms with Crippen LogP contribution in [-0.2, 0) is 23.1 Å². The monoisotopic (exact) mass is 458 g/mol. The van der Waals surface area contributed by atoms with Gasteiger partial charge >= 0.3 is 6.03 Å². The average molecular weight is 459 g/mol. The molecule has 0 unspecified atom stereocenters. The predicted octanol–water partition coefficient (Wildman–Crippen LogP) is 3.81. The minimum atomic E-state index is -3.44. The lowest BCUT2D eigenvalue weighted by Crippen LogP contribution is -2.36. The first kappa shape index (κ1) is 21.7. The lowest BCUT2D eigenvalue weighted by molar-refractivity contribution is 0.206. The van der Waals surface area contributed by atoms with Crippen LogP contribution in [0.2, 0.25) is 0 Å². The predicted molar refractivity (Wildman–Crippen MR) is 122 cm³/mol. The molecular formula is C22H26N4O3S2. The van der Waals surface area contributed by atoms with Crippen LogP contribution in [0.15, 0.2) is 53.4 Å². The topological polar surface area (TPSA) is 82.6 Å². The van der Waals surface area contributed by atoms with Gasteiger partial charge in [0.2, 0.25) is 10.0 Å². The zero-order valence-corrected chi connectivity index (χ0v) is 19.1. The molecule has 0 aliphatic carbocycles. The molecule has 3 aromatic rings. The van der Waals surface area contributed by atoms with E-state index in [-0.39, 0.29) is 6.03 Å². The number of para-hydroxylation sites is 1. The van der Waals surface area contributed by atoms with E-state index in [9.17, 15) is 13.2 Å². The van der Waals surface area contributed by atoms with Gasteiger partial charge in [0.15, 0.2) is 0 Å². The highest BCUT2D eigenvalue weighted by atomic mass is 32.2. The Morgan fingerprint density at radius 1 is 1.10 bits per heavy atom. The minimum absolute atomic E-state index is 0.204. The van der Waals surface area contributed by atoms with Crippen LogP contribution in [-0.4, -0.2) is 48.8 Å². The maximum absolute atomic E-state index is 12.7. The van der Waals surface area contributed by atoms with E-state index in [4.69, 9.17) is 0 Å². The number of hydrogen-bond donors (Lipinski definition) is 1. The van der Waals surface area contributed by atoms with Crippen LogP contribution in [0.1, 0.15) is 29.8 Å². The molecule has 2 amide bonds. The molecule has 0 bridgehead atoms. The molecule has 31 heavy (non-hydrogen) atoms. The summed E-state index contributed by atoms with van der Waals surface area (Å²) in [5.74, 6) is 0. The smallest absolute Gasteiger partial charge is 0.317 e. The summed E-state index contributed by atoms with van der Waals surface area (Å²) in [6, 6.07) is 14.5. The van der Waals surface area contributed by atoms with Gasteiger partial charge in [0.25, 0.3) is 0 Å². The molecule has 1 aromatic heterocycles. The Morgan fingerprint density at radius 3 is 2.52 bits per heavy atom. The van der Waals surface area contributed by atoms with E-state index in [1.807, 2.05) is 24.3 Å². The highest BCUT2D eigenvalue weighted by molar-refractivity contribution is 7.89. The summed E-state index contributed by atoms with van der Waals surface area (Å²) in [5, 5.41) is 3.76. The van der Waals surface area contributed by atoms with Crippen LogP contribution < -0.4 is 5.32 Å². The maximum Gasteiger partial charge on any atom is 0.317 e. The lowest BCUT2D eigenvalue weighted by atomic mass is 10.2. The van der Waals surface area contributed by atoms with Gasteiger partial charge in [-0.15, -0.1) is 11.3 Å². The Kier molecular flexibility index (Phi) is 6.54. The first-order valence-electron chi connectivity index (χ1n) is 10.4. The Balaban J connectivity index is 1.32. The van der Waals surface area contributed by atoms with E-state index < -0.39 is 10.0 Å². The molecule has 0 atom stereocenters. The number of fused-ring (bicyclic) bond motifs is 1. The number of thiazole rings is 1. The first-order valence-corrected chi connectivity index (χ1v) is 12.6. The van der Waals surface area contributed by atoms with Crippen molar-refractivity contribution < 1.29 is 13.2 Å². The second-order valence-corrected chi connectivity index (χ2v) is 10.8. The number of benzene rings is 2. The third-order valence-corrected chi connectivity index (χ3v) is 8.31. The van der Waals surface area contributed by atoms with Crippen molar-refractivity contribution in [3.8, 4) is 0 Å². The summed E-state index contributed by atoms with van der Waals surface area (Å²) in [7, 11) is -1.71. The molecule has 0 spiro atoms. The van der Waals surface area contributed by atoms with Gasteiger partial charge in [-0.1, -0.05) is 30.7 Å². The lowest BCUT2D eigenvalue weighted by Gasteiger charge is -2.25. The van der Waals surface area contributed by atoms with Crippen LogP contribution in [0.4, 0.5) is 4.79 Å². The van der Waals surface area contributed by atoms with Crippen LogP contribution in [0.3, 0.4) is 0 Å². The number of nitrogens with zero attached hydrogens (tertiary/aromatic N) is 3. The molecular weight excluding hydrogens is 432 g/mol. The third kappa shape index (κ3) is 5.06. The zero-order chi connectivity index (χ0) is 21.8. The number of carbonyl (C=O) groups excluding carboxylic acids is 1. The van der Waals surface area contributed by atoms with Gasteiger partial charge in [-0.25, -0.2) is 18.2 Å². The highest BCUT2D eigenvalue weighted by Gasteiger charge is 2.25. The van der Waals surface area contributed by atoms with Gasteiger partial charge < -0.3 is 10.2 Å². The summed E-state index contributed by atoms with van der Waals surface area (Å²) < 4.78 is 28.1. The van der Waals surface area contributed by atoms with E-state index >= 15 is 0 Å². The van der Waals surface area contributed by atoms with Crippen molar-refractivity contribution in [3.63, 3.8) is 0 Å². The summed E-state index contributed by atoms with van der Waals surface area (Å²) in [6.45, 7) is 1.92. The number of amides is 2. The SMILES string of the molecule is CN(Cc1nc2ccccc2s1)C(=O)NCc1ccc(S(=O)(=O)N2CCCCC2)cc1. The summed E-state index contributed by atoms with van der Waals surface area (Å²) >= 11 is 1.58. The fraction of sp³-hybridized carbons (Fsp3) is 0.364. The molecule has 9 heteroatoms. The van der Waals surface area contributed by atoms with Crippen molar-refractivity contribution in [2.45, 2.75) is 37.2 Å². The van der Waals surface area contributed by atoms with E-state index in [2.05, 4.69) is 10.3 Å². The van der Waals surface area contributed by atoms with E-state index in [1.54, 1.807) is 51.9 Å². The van der Waals surface area contributed by atoms with Crippen LogP contribution in [0.25, 0.3) is 10.2 Å². The summed E-state index contributed by atoms with van der Waals surface area (Å²) in [6.07, 6.45) is 2.90. The molecule has 1 aliphatic heterocycles. The van der Waals surface area contributed by atoms with Crippen molar-refractivity contribution in [2.75, 3.05) is 20.1 Å². The number of nitrogens with one attached hydrogen (secondary N) is 1. The second kappa shape index (κ2) is 9.33. The second-order valence-electron chi connectivity index (χ2n) is 7.70. The molecule has 2 aromatic carbocycles. The van der Waals surface area contributed by atoms with E-state index in [0.717, 1.165) is 40.1 Å². The molecule has 1 aliphatic rings. The number of urea groups is 1. The van der Waals surface area contributed by atoms with Crippen LogP contribution in [0, 0.1) is 0 Å². The number of rotatable bonds is 6. The Labute approximate surface area is 186 Å². The van der Waals surface area contributed by atoms with Crippen molar-refractivity contribution in [3.05, 3.63) is 59.1 Å². The molecule has 164 valence electrons. The normalized spacial score (nSPS) is 15.1. The fourth-order valence-corrected chi connectivity index (χ4v) is 6.15. The number of carbonyl (C=O) groups is 1. The Bertz CT molecular complexity index is 1120. The maximum atomic E-state index is 12.7. The molecule has 1 saturated heterocycles. The average Bonchev–Trinajstić information content (AvgIpc) is 3.20. The van der Waals surface area contributed by atoms with Gasteiger partial charge in [-0.3, -0.25) is 0 Å². The Morgan fingerprint density at radius 2 is 1.81 bits per heavy atom. The Hall–Kier alpha value is -2.49. The van der Waals surface area contributed by atoms with Gasteiger partial charge in [0.05, 0.1) is 21.7 Å². The molecule has 7 nitrogen and oxygen atoms in total. The molecule has 0 radical (unpaired) electrons. The standard InChI is InChI=1S/C22H26N4O3S2/c1-25(16-21-24-19-7-3-4-8-20(19)30-21)22(27)23-15-17-9-11-18(12-10-17)31(28,29)26-13-5-2-6-14-26/h3-4,7-12H,2,5-6,13-16H2,1H3,(H,23,27). The van der Waals surface area contributed by atoms with Crippen LogP contribution in [0.5, 0.6) is 0 Å². The quantitative estimate of drug-likeness (QED) is 0.609. The number of sulfonamides is 1. The highest BCUT2D eigenvalue weighted by Crippen LogP contribution is 2.23. The van der Waals surface area contributed by atoms with Crippen molar-refractivity contribution in [1.82, 2.24) is 19.5 Å². The van der Waals surface area contributed by atoms with Gasteiger partial charge in [-0.2, -0.15) is 4.31 Å². The van der Waals surface area contributed by atoms with E-state index in [0.29, 0.717) is 31.1 Å². The number of hydrogen-bond acceptors (Lipinski definition) is 5. The van der Waals surface area contributed by atoms with Gasteiger partial charge in [0.1, 0.15) is 5.01 Å². The van der Waals surface area contributed by atoms with Crippen molar-refractivity contribution in [1.29, 1.82) is 0 Å². The molecule has 1 fully saturated rings. The third-order valence-electron chi connectivity index (χ3n) is 5.38. The molecule has 2 heterocycles. The van der Waals surface area contributed by atoms with E-state index in [1.165, 1.54) is 0 Å². The molecule has 0 saturated carbocycles. The van der Waals surface area contributed by atoms with Crippen molar-refractivity contribution in [2.24, 2.45) is 0 Å². The zero-order valence-electron chi connectivity index (χ0n) is 17.5. The van der Waals surface area contributed by atoms with Crippen LogP contribution >= 0.6 is 11.3 Å².